The van der Waals surface area contributed by atoms with E-state index in [1.165, 1.54) is 6.21 Å². The smallest absolute Gasteiger partial charge is 0.372 e. The molecule has 0 bridgehead atoms. The van der Waals surface area contributed by atoms with E-state index in [-0.39, 0.29) is 0 Å². The topological polar surface area (TPSA) is 197 Å². The van der Waals surface area contributed by atoms with Crippen molar-refractivity contribution in [1.82, 2.24) is 5.12 Å². The Hall–Kier alpha value is -2.53. The lowest BCUT2D eigenvalue weighted by Gasteiger charge is -2.01. The number of urea groups is 1. The molecule has 0 saturated carbocycles. The number of carboxylic acids is 3. The normalized spacial score (nSPS) is 7.70. The molecule has 0 heterocycles. The predicted molar refractivity (Wildman–Crippen MR) is 69.7 cm³/mol. The van der Waals surface area contributed by atoms with Crippen LogP contribution in [-0.2, 0) is 14.4 Å². The van der Waals surface area contributed by atoms with E-state index in [1.54, 1.807) is 6.92 Å². The maximum atomic E-state index is 10.2. The first-order chi connectivity index (χ1) is 8.88. The van der Waals surface area contributed by atoms with E-state index in [9.17, 15) is 4.79 Å². The average Bonchev–Trinajstić information content (AvgIpc) is 2.14. The third-order valence-corrected chi connectivity index (χ3v) is 0.460. The highest BCUT2D eigenvalue weighted by atomic mass is 16.4. The molecule has 0 saturated heterocycles. The van der Waals surface area contributed by atoms with E-state index in [0.717, 1.165) is 20.8 Å². The molecule has 0 atom stereocenters. The van der Waals surface area contributed by atoms with Crippen LogP contribution in [0.3, 0.4) is 0 Å². The fourth-order valence-electron chi connectivity index (χ4n) is 0.177. The van der Waals surface area contributed by atoms with Crippen LogP contribution < -0.4 is 11.7 Å². The van der Waals surface area contributed by atoms with E-state index in [4.69, 9.17) is 41.4 Å². The highest BCUT2D eigenvalue weighted by Gasteiger charge is 1.96. The van der Waals surface area contributed by atoms with Crippen LogP contribution in [0.4, 0.5) is 4.79 Å². The molecule has 20 heavy (non-hydrogen) atoms. The minimum atomic E-state index is -0.833. The number of hydrogen-bond acceptors (Lipinski definition) is 6. The molecule has 11 nitrogen and oxygen atoms in total. The third-order valence-electron chi connectivity index (χ3n) is 0.460. The van der Waals surface area contributed by atoms with E-state index in [0.29, 0.717) is 5.12 Å². The average molecular weight is 296 g/mol. The number of aliphatic imine (C=N–C) groups is 1. The first-order valence-corrected chi connectivity index (χ1v) is 4.79. The van der Waals surface area contributed by atoms with E-state index in [1.807, 2.05) is 0 Å². The Morgan fingerprint density at radius 3 is 1.15 bits per heavy atom. The summed E-state index contributed by atoms with van der Waals surface area (Å²) in [5.41, 5.74) is 0. The largest absolute Gasteiger partial charge is 0.481 e. The summed E-state index contributed by atoms with van der Waals surface area (Å²) >= 11 is 0. The van der Waals surface area contributed by atoms with Crippen LogP contribution in [-0.4, -0.2) is 50.6 Å². The van der Waals surface area contributed by atoms with Crippen molar-refractivity contribution in [3.05, 3.63) is 0 Å². The first kappa shape index (κ1) is 26.1. The number of nitrogens with zero attached hydrogens (tertiary/aromatic N) is 2. The standard InChI is InChI=1S/C3H8N4O.3C2H4O2/c1-2-6-3(8)7(4)5;3*1-2(3)4/h2H,4-5H2,1H3;3*1H3,(H,3,4). The maximum Gasteiger partial charge on any atom is 0.372 e. The lowest BCUT2D eigenvalue weighted by Crippen LogP contribution is -2.41. The lowest BCUT2D eigenvalue weighted by atomic mass is 10.8. The minimum absolute atomic E-state index is 0.417. The van der Waals surface area contributed by atoms with Crippen molar-refractivity contribution in [1.29, 1.82) is 0 Å². The van der Waals surface area contributed by atoms with Gasteiger partial charge in [-0.05, 0) is 6.92 Å². The second-order valence-corrected chi connectivity index (χ2v) is 2.63. The number of carboxylic acid groups (broad SMARTS) is 3. The number of hydrogen-bond donors (Lipinski definition) is 5. The van der Waals surface area contributed by atoms with Gasteiger partial charge in [0.2, 0.25) is 0 Å². The molecule has 11 heteroatoms. The third kappa shape index (κ3) is 162. The Balaban J connectivity index is -0.0000000917. The molecule has 0 rings (SSSR count). The van der Waals surface area contributed by atoms with Gasteiger partial charge in [0, 0.05) is 27.0 Å². The molecule has 0 spiro atoms. The molecule has 0 aromatic carbocycles. The number of rotatable bonds is 0. The van der Waals surface area contributed by atoms with Crippen LogP contribution in [0.1, 0.15) is 27.7 Å². The van der Waals surface area contributed by atoms with Gasteiger partial charge in [0.05, 0.1) is 0 Å². The van der Waals surface area contributed by atoms with Crippen molar-refractivity contribution in [3.63, 3.8) is 0 Å². The van der Waals surface area contributed by atoms with Crippen LogP contribution in [0.15, 0.2) is 4.99 Å². The van der Waals surface area contributed by atoms with Gasteiger partial charge in [-0.25, -0.2) is 21.5 Å². The summed E-state index contributed by atoms with van der Waals surface area (Å²) in [6, 6.07) is -0.660. The Bertz CT molecular complexity index is 288. The Kier molecular flexibility index (Phi) is 24.6. The van der Waals surface area contributed by atoms with Gasteiger partial charge in [-0.2, -0.15) is 5.12 Å². The van der Waals surface area contributed by atoms with Gasteiger partial charge >= 0.3 is 6.03 Å². The predicted octanol–water partition coefficient (Wildman–Crippen LogP) is -0.481. The Morgan fingerprint density at radius 2 is 1.10 bits per heavy atom. The zero-order chi connectivity index (χ0) is 17.3. The number of amides is 2. The molecule has 118 valence electrons. The molecular formula is C9H20N4O7. The van der Waals surface area contributed by atoms with E-state index >= 15 is 0 Å². The van der Waals surface area contributed by atoms with Crippen LogP contribution in [0.2, 0.25) is 0 Å². The lowest BCUT2D eigenvalue weighted by molar-refractivity contribution is -0.135. The van der Waals surface area contributed by atoms with Crippen LogP contribution >= 0.6 is 0 Å². The minimum Gasteiger partial charge on any atom is -0.481 e. The second-order valence-electron chi connectivity index (χ2n) is 2.63. The monoisotopic (exact) mass is 296 g/mol. The number of nitrogens with two attached hydrogens (primary N) is 2. The molecular weight excluding hydrogens is 276 g/mol. The summed E-state index contributed by atoms with van der Waals surface area (Å²) < 4.78 is 0. The van der Waals surface area contributed by atoms with Crippen molar-refractivity contribution in [2.45, 2.75) is 27.7 Å². The summed E-state index contributed by atoms with van der Waals surface area (Å²) in [5, 5.41) is 22.7. The zero-order valence-electron chi connectivity index (χ0n) is 11.6. The number of aliphatic carboxylic acids is 3. The summed E-state index contributed by atoms with van der Waals surface area (Å²) in [5.74, 6) is 7.04. The summed E-state index contributed by atoms with van der Waals surface area (Å²) in [6.07, 6.45) is 1.31. The van der Waals surface area contributed by atoms with Gasteiger partial charge in [-0.15, -0.1) is 0 Å². The maximum absolute atomic E-state index is 10.2. The molecule has 0 aliphatic rings. The highest BCUT2D eigenvalue weighted by Crippen LogP contribution is 1.73. The fraction of sp³-hybridized carbons (Fsp3) is 0.444. The van der Waals surface area contributed by atoms with Crippen LogP contribution in [0.5, 0.6) is 0 Å². The van der Waals surface area contributed by atoms with Gasteiger partial charge in [-0.1, -0.05) is 0 Å². The van der Waals surface area contributed by atoms with Gasteiger partial charge in [0.15, 0.2) is 0 Å². The van der Waals surface area contributed by atoms with Gasteiger partial charge in [0.1, 0.15) is 0 Å². The van der Waals surface area contributed by atoms with Crippen molar-refractivity contribution in [2.24, 2.45) is 16.7 Å². The van der Waals surface area contributed by atoms with Crippen molar-refractivity contribution in [2.75, 3.05) is 0 Å². The number of carbonyl (C=O) groups excluding carboxylic acids is 1. The second kappa shape index (κ2) is 18.8. The fourth-order valence-corrected chi connectivity index (χ4v) is 0.177. The molecule has 0 radical (unpaired) electrons. The SMILES string of the molecule is CC(=O)O.CC(=O)O.CC(=O)O.CC=NC(=O)N(N)N. The molecule has 0 aromatic rings. The van der Waals surface area contributed by atoms with Gasteiger partial charge in [0.25, 0.3) is 17.9 Å². The molecule has 0 aromatic heterocycles. The Morgan fingerprint density at radius 1 is 0.900 bits per heavy atom. The number of hydrazine groups is 2. The molecule has 0 aliphatic carbocycles. The van der Waals surface area contributed by atoms with Crippen molar-refractivity contribution >= 4 is 30.2 Å². The van der Waals surface area contributed by atoms with E-state index < -0.39 is 23.9 Å². The molecule has 2 amide bonds. The summed E-state index contributed by atoms with van der Waals surface area (Å²) in [7, 11) is 0. The van der Waals surface area contributed by atoms with Crippen LogP contribution in [0, 0.1) is 0 Å². The van der Waals surface area contributed by atoms with Crippen LogP contribution in [0.25, 0.3) is 0 Å². The Labute approximate surface area is 115 Å². The first-order valence-electron chi connectivity index (χ1n) is 4.79. The quantitative estimate of drug-likeness (QED) is 0.169. The van der Waals surface area contributed by atoms with Gasteiger partial charge in [-0.3, -0.25) is 14.4 Å². The van der Waals surface area contributed by atoms with Crippen molar-refractivity contribution < 1.29 is 34.5 Å². The van der Waals surface area contributed by atoms with Gasteiger partial charge < -0.3 is 15.3 Å². The molecule has 7 N–H and O–H groups in total. The van der Waals surface area contributed by atoms with Crippen molar-refractivity contribution in [3.8, 4) is 0 Å². The summed E-state index contributed by atoms with van der Waals surface area (Å²) in [6.45, 7) is 4.85. The molecule has 0 unspecified atom stereocenters. The highest BCUT2D eigenvalue weighted by molar-refractivity contribution is 5.81. The molecule has 0 aliphatic heterocycles. The molecule has 0 fully saturated rings. The number of carbonyl (C=O) groups is 4. The summed E-state index contributed by atoms with van der Waals surface area (Å²) in [4.78, 5) is 40.5. The van der Waals surface area contributed by atoms with E-state index in [2.05, 4.69) is 4.99 Å². The zero-order valence-corrected chi connectivity index (χ0v) is 11.6.